The Balaban J connectivity index is 2.05. The second kappa shape index (κ2) is 6.21. The molecule has 0 saturated carbocycles. The van der Waals surface area contributed by atoms with Crippen molar-refractivity contribution in [2.45, 2.75) is 19.0 Å². The number of hydrogen-bond acceptors (Lipinski definition) is 4. The van der Waals surface area contributed by atoms with Crippen molar-refractivity contribution in [2.24, 2.45) is 5.73 Å². The Hall–Kier alpha value is -1.63. The van der Waals surface area contributed by atoms with Crippen LogP contribution in [0.25, 0.3) is 0 Å². The van der Waals surface area contributed by atoms with Gasteiger partial charge in [0, 0.05) is 12.6 Å². The van der Waals surface area contributed by atoms with Gasteiger partial charge in [0.1, 0.15) is 6.04 Å². The summed E-state index contributed by atoms with van der Waals surface area (Å²) < 4.78 is 1.59. The van der Waals surface area contributed by atoms with Crippen LogP contribution in [0.5, 0.6) is 0 Å². The SMILES string of the molecule is NC(Cc1cn(Cc2ccc(Cl)c(Cl)c2)nn1)C(=O)O. The number of carbonyl (C=O) groups is 1. The minimum atomic E-state index is -1.07. The lowest BCUT2D eigenvalue weighted by Gasteiger charge is -2.03. The van der Waals surface area contributed by atoms with Crippen LogP contribution in [0, 0.1) is 0 Å². The number of carboxylic acid groups (broad SMARTS) is 1. The topological polar surface area (TPSA) is 94.0 Å². The van der Waals surface area contributed by atoms with Crippen molar-refractivity contribution < 1.29 is 9.90 Å². The largest absolute Gasteiger partial charge is 0.480 e. The lowest BCUT2D eigenvalue weighted by Crippen LogP contribution is -2.32. The van der Waals surface area contributed by atoms with Crippen LogP contribution >= 0.6 is 23.2 Å². The molecule has 8 heteroatoms. The highest BCUT2D eigenvalue weighted by atomic mass is 35.5. The fourth-order valence-electron chi connectivity index (χ4n) is 1.65. The average Bonchev–Trinajstić information content (AvgIpc) is 2.81. The van der Waals surface area contributed by atoms with Gasteiger partial charge in [0.15, 0.2) is 0 Å². The number of aliphatic carboxylic acids is 1. The Morgan fingerprint density at radius 1 is 1.40 bits per heavy atom. The third-order valence-electron chi connectivity index (χ3n) is 2.66. The molecule has 0 spiro atoms. The number of halogens is 2. The van der Waals surface area contributed by atoms with Gasteiger partial charge in [-0.1, -0.05) is 34.5 Å². The Labute approximate surface area is 125 Å². The molecule has 2 rings (SSSR count). The number of hydrogen-bond donors (Lipinski definition) is 2. The maximum absolute atomic E-state index is 10.7. The molecule has 1 aromatic carbocycles. The van der Waals surface area contributed by atoms with Crippen LogP contribution in [-0.4, -0.2) is 32.1 Å². The second-order valence-corrected chi connectivity index (χ2v) is 5.12. The van der Waals surface area contributed by atoms with Crippen LogP contribution in [0.15, 0.2) is 24.4 Å². The van der Waals surface area contributed by atoms with Crippen molar-refractivity contribution >= 4 is 29.2 Å². The Morgan fingerprint density at radius 3 is 2.80 bits per heavy atom. The molecule has 0 fully saturated rings. The van der Waals surface area contributed by atoms with E-state index in [1.54, 1.807) is 23.0 Å². The molecule has 0 radical (unpaired) electrons. The first-order valence-corrected chi connectivity index (χ1v) is 6.52. The molecule has 0 saturated heterocycles. The van der Waals surface area contributed by atoms with E-state index in [0.29, 0.717) is 22.3 Å². The van der Waals surface area contributed by atoms with Crippen molar-refractivity contribution in [1.29, 1.82) is 0 Å². The van der Waals surface area contributed by atoms with Crippen LogP contribution in [0.2, 0.25) is 10.0 Å². The second-order valence-electron chi connectivity index (χ2n) is 4.30. The maximum atomic E-state index is 10.7. The van der Waals surface area contributed by atoms with Gasteiger partial charge in [-0.3, -0.25) is 4.79 Å². The molecular weight excluding hydrogens is 303 g/mol. The molecule has 0 amide bonds. The molecule has 106 valence electrons. The number of carboxylic acids is 1. The normalized spacial score (nSPS) is 12.3. The van der Waals surface area contributed by atoms with E-state index in [1.165, 1.54) is 0 Å². The van der Waals surface area contributed by atoms with Crippen LogP contribution in [0.4, 0.5) is 0 Å². The van der Waals surface area contributed by atoms with Crippen molar-refractivity contribution in [3.8, 4) is 0 Å². The molecule has 1 heterocycles. The molecular formula is C12H12Cl2N4O2. The molecule has 1 unspecified atom stereocenters. The van der Waals surface area contributed by atoms with Crippen molar-refractivity contribution in [2.75, 3.05) is 0 Å². The number of benzene rings is 1. The molecule has 0 bridgehead atoms. The van der Waals surface area contributed by atoms with Crippen LogP contribution in [-0.2, 0) is 17.8 Å². The molecule has 0 aliphatic heterocycles. The van der Waals surface area contributed by atoms with Crippen molar-refractivity contribution in [3.63, 3.8) is 0 Å². The van der Waals surface area contributed by atoms with Gasteiger partial charge in [0.25, 0.3) is 0 Å². The predicted octanol–water partition coefficient (Wildman–Crippen LogP) is 1.59. The molecule has 20 heavy (non-hydrogen) atoms. The molecule has 0 aliphatic carbocycles. The van der Waals surface area contributed by atoms with E-state index in [0.717, 1.165) is 5.56 Å². The van der Waals surface area contributed by atoms with Crippen molar-refractivity contribution in [1.82, 2.24) is 15.0 Å². The number of rotatable bonds is 5. The van der Waals surface area contributed by atoms with Gasteiger partial charge in [-0.05, 0) is 17.7 Å². The summed E-state index contributed by atoms with van der Waals surface area (Å²) in [5, 5.41) is 17.5. The summed E-state index contributed by atoms with van der Waals surface area (Å²) >= 11 is 11.8. The minimum Gasteiger partial charge on any atom is -0.480 e. The quantitative estimate of drug-likeness (QED) is 0.874. The highest BCUT2D eigenvalue weighted by Gasteiger charge is 2.14. The van der Waals surface area contributed by atoms with E-state index < -0.39 is 12.0 Å². The van der Waals surface area contributed by atoms with E-state index >= 15 is 0 Å². The van der Waals surface area contributed by atoms with Gasteiger partial charge in [0.05, 0.1) is 22.3 Å². The van der Waals surface area contributed by atoms with Gasteiger partial charge in [-0.2, -0.15) is 0 Å². The van der Waals surface area contributed by atoms with Gasteiger partial charge < -0.3 is 10.8 Å². The van der Waals surface area contributed by atoms with E-state index in [-0.39, 0.29) is 6.42 Å². The summed E-state index contributed by atoms with van der Waals surface area (Å²) in [5.41, 5.74) is 6.88. The molecule has 2 aromatic rings. The van der Waals surface area contributed by atoms with Crippen molar-refractivity contribution in [3.05, 3.63) is 45.7 Å². The number of nitrogens with zero attached hydrogens (tertiary/aromatic N) is 3. The standard InChI is InChI=1S/C12H12Cl2N4O2/c13-9-2-1-7(3-10(9)14)5-18-6-8(16-17-18)4-11(15)12(19)20/h1-3,6,11H,4-5,15H2,(H,19,20). The Kier molecular flexibility index (Phi) is 4.59. The van der Waals surface area contributed by atoms with E-state index in [2.05, 4.69) is 10.3 Å². The van der Waals surface area contributed by atoms with Crippen LogP contribution in [0.3, 0.4) is 0 Å². The summed E-state index contributed by atoms with van der Waals surface area (Å²) in [4.78, 5) is 10.7. The molecule has 1 atom stereocenters. The summed E-state index contributed by atoms with van der Waals surface area (Å²) in [6.07, 6.45) is 1.79. The molecule has 3 N–H and O–H groups in total. The maximum Gasteiger partial charge on any atom is 0.320 e. The smallest absolute Gasteiger partial charge is 0.320 e. The van der Waals surface area contributed by atoms with E-state index in [4.69, 9.17) is 34.0 Å². The fourth-order valence-corrected chi connectivity index (χ4v) is 1.97. The summed E-state index contributed by atoms with van der Waals surface area (Å²) in [7, 11) is 0. The minimum absolute atomic E-state index is 0.136. The zero-order chi connectivity index (χ0) is 14.7. The molecule has 0 aliphatic rings. The summed E-state index contributed by atoms with van der Waals surface area (Å²) in [5.74, 6) is -1.07. The van der Waals surface area contributed by atoms with Crippen LogP contribution < -0.4 is 5.73 Å². The fraction of sp³-hybridized carbons (Fsp3) is 0.250. The number of aromatic nitrogens is 3. The van der Waals surface area contributed by atoms with Gasteiger partial charge in [-0.25, -0.2) is 4.68 Å². The van der Waals surface area contributed by atoms with Gasteiger partial charge in [-0.15, -0.1) is 5.10 Å². The summed E-state index contributed by atoms with van der Waals surface area (Å²) in [6.45, 7) is 0.464. The van der Waals surface area contributed by atoms with E-state index in [9.17, 15) is 4.79 Å². The number of nitrogens with two attached hydrogens (primary N) is 1. The zero-order valence-electron chi connectivity index (χ0n) is 10.3. The molecule has 1 aromatic heterocycles. The average molecular weight is 315 g/mol. The monoisotopic (exact) mass is 314 g/mol. The lowest BCUT2D eigenvalue weighted by atomic mass is 10.2. The summed E-state index contributed by atoms with van der Waals surface area (Å²) in [6, 6.07) is 4.30. The zero-order valence-corrected chi connectivity index (χ0v) is 11.8. The lowest BCUT2D eigenvalue weighted by molar-refractivity contribution is -0.138. The van der Waals surface area contributed by atoms with E-state index in [1.807, 2.05) is 6.07 Å². The van der Waals surface area contributed by atoms with Gasteiger partial charge >= 0.3 is 5.97 Å². The highest BCUT2D eigenvalue weighted by Crippen LogP contribution is 2.22. The highest BCUT2D eigenvalue weighted by molar-refractivity contribution is 6.42. The Morgan fingerprint density at radius 2 is 2.15 bits per heavy atom. The van der Waals surface area contributed by atoms with Crippen LogP contribution in [0.1, 0.15) is 11.3 Å². The molecule has 6 nitrogen and oxygen atoms in total. The third kappa shape index (κ3) is 3.69. The third-order valence-corrected chi connectivity index (χ3v) is 3.40. The first-order chi connectivity index (χ1) is 9.45. The van der Waals surface area contributed by atoms with Gasteiger partial charge in [0.2, 0.25) is 0 Å². The predicted molar refractivity (Wildman–Crippen MR) is 74.9 cm³/mol. The first-order valence-electron chi connectivity index (χ1n) is 5.77. The Bertz CT molecular complexity index is 630. The first kappa shape index (κ1) is 14.8.